The Morgan fingerprint density at radius 1 is 1.19 bits per heavy atom. The highest BCUT2D eigenvalue weighted by Crippen LogP contribution is 2.34. The van der Waals surface area contributed by atoms with Gasteiger partial charge >= 0.3 is 0 Å². The number of nitrogens with two attached hydrogens (primary N) is 1. The maximum atomic E-state index is 12.2. The number of hydrogen-bond acceptors (Lipinski definition) is 3. The minimum absolute atomic E-state index is 0.170. The Hall–Kier alpha value is -1.72. The molecular weight excluding hydrogens is 356 g/mol. The van der Waals surface area contributed by atoms with E-state index in [1.54, 1.807) is 50.5 Å². The van der Waals surface area contributed by atoms with Crippen molar-refractivity contribution in [3.05, 3.63) is 51.5 Å². The molecule has 4 nitrogen and oxygen atoms in total. The highest BCUT2D eigenvalue weighted by molar-refractivity contribution is 9.10. The monoisotopic (exact) mass is 368 g/mol. The summed E-state index contributed by atoms with van der Waals surface area (Å²) in [5, 5.41) is 0.448. The van der Waals surface area contributed by atoms with E-state index in [9.17, 15) is 4.79 Å². The zero-order chi connectivity index (χ0) is 15.6. The fourth-order valence-electron chi connectivity index (χ4n) is 1.71. The van der Waals surface area contributed by atoms with Crippen LogP contribution < -0.4 is 10.5 Å². The Morgan fingerprint density at radius 2 is 1.90 bits per heavy atom. The molecule has 0 unspecified atom stereocenters. The summed E-state index contributed by atoms with van der Waals surface area (Å²) in [6, 6.07) is 10.1. The van der Waals surface area contributed by atoms with Crippen molar-refractivity contribution < 1.29 is 9.53 Å². The zero-order valence-corrected chi connectivity index (χ0v) is 13.9. The number of anilines is 1. The highest BCUT2D eigenvalue weighted by Gasteiger charge is 2.16. The molecule has 0 spiro atoms. The number of carbonyl (C=O) groups is 1. The van der Waals surface area contributed by atoms with Crippen LogP contribution in [0.5, 0.6) is 11.5 Å². The molecule has 0 radical (unpaired) electrons. The fraction of sp³-hybridized carbons (Fsp3) is 0.133. The summed E-state index contributed by atoms with van der Waals surface area (Å²) >= 11 is 9.46. The van der Waals surface area contributed by atoms with Gasteiger partial charge in [-0.3, -0.25) is 4.79 Å². The van der Waals surface area contributed by atoms with E-state index >= 15 is 0 Å². The molecule has 0 bridgehead atoms. The van der Waals surface area contributed by atoms with Gasteiger partial charge in [-0.15, -0.1) is 0 Å². The third-order valence-electron chi connectivity index (χ3n) is 2.76. The largest absolute Gasteiger partial charge is 0.455 e. The molecule has 0 aliphatic carbocycles. The first kappa shape index (κ1) is 15.7. The molecule has 21 heavy (non-hydrogen) atoms. The quantitative estimate of drug-likeness (QED) is 0.826. The molecule has 2 rings (SSSR count). The van der Waals surface area contributed by atoms with Crippen LogP contribution in [0.3, 0.4) is 0 Å². The van der Waals surface area contributed by atoms with E-state index < -0.39 is 0 Å². The lowest BCUT2D eigenvalue weighted by molar-refractivity contribution is 0.0825. The predicted molar refractivity (Wildman–Crippen MR) is 88.1 cm³/mol. The SMILES string of the molecule is CN(C)C(=O)c1ccc(N)cc1Oc1cc(Br)ccc1Cl. The molecule has 0 saturated heterocycles. The summed E-state index contributed by atoms with van der Waals surface area (Å²) in [6.45, 7) is 0. The smallest absolute Gasteiger partial charge is 0.257 e. The number of nitrogen functional groups attached to an aromatic ring is 1. The van der Waals surface area contributed by atoms with Gasteiger partial charge in [0.05, 0.1) is 10.6 Å². The molecule has 2 aromatic carbocycles. The van der Waals surface area contributed by atoms with Crippen LogP contribution in [0, 0.1) is 0 Å². The van der Waals surface area contributed by atoms with Gasteiger partial charge in [-0.1, -0.05) is 27.5 Å². The van der Waals surface area contributed by atoms with Crippen molar-refractivity contribution in [1.29, 1.82) is 0 Å². The Kier molecular flexibility index (Phi) is 4.75. The number of amides is 1. The minimum atomic E-state index is -0.170. The summed E-state index contributed by atoms with van der Waals surface area (Å²) in [4.78, 5) is 13.7. The second-order valence-electron chi connectivity index (χ2n) is 4.63. The molecule has 2 N–H and O–H groups in total. The summed E-state index contributed by atoms with van der Waals surface area (Å²) in [6.07, 6.45) is 0. The van der Waals surface area contributed by atoms with Crippen molar-refractivity contribution in [2.24, 2.45) is 0 Å². The molecule has 110 valence electrons. The molecule has 6 heteroatoms. The summed E-state index contributed by atoms with van der Waals surface area (Å²) in [5.41, 5.74) is 6.71. The number of carbonyl (C=O) groups excluding carboxylic acids is 1. The topological polar surface area (TPSA) is 55.6 Å². The van der Waals surface area contributed by atoms with Crippen LogP contribution in [-0.4, -0.2) is 24.9 Å². The van der Waals surface area contributed by atoms with E-state index in [1.165, 1.54) is 4.90 Å². The van der Waals surface area contributed by atoms with E-state index in [0.717, 1.165) is 4.47 Å². The maximum Gasteiger partial charge on any atom is 0.257 e. The molecule has 0 aliphatic rings. The minimum Gasteiger partial charge on any atom is -0.455 e. The van der Waals surface area contributed by atoms with Gasteiger partial charge in [-0.05, 0) is 30.3 Å². The Labute approximate surface area is 136 Å². The number of ether oxygens (including phenoxy) is 1. The van der Waals surface area contributed by atoms with E-state index in [-0.39, 0.29) is 5.91 Å². The molecule has 0 aromatic heterocycles. The molecule has 0 heterocycles. The first-order valence-electron chi connectivity index (χ1n) is 6.12. The molecule has 1 amide bonds. The molecule has 0 atom stereocenters. The van der Waals surface area contributed by atoms with E-state index in [1.807, 2.05) is 0 Å². The van der Waals surface area contributed by atoms with E-state index in [2.05, 4.69) is 15.9 Å². The van der Waals surface area contributed by atoms with Crippen molar-refractivity contribution in [2.75, 3.05) is 19.8 Å². The number of rotatable bonds is 3. The van der Waals surface area contributed by atoms with Gasteiger partial charge in [0.15, 0.2) is 0 Å². The number of benzene rings is 2. The van der Waals surface area contributed by atoms with Crippen molar-refractivity contribution in [1.82, 2.24) is 4.90 Å². The van der Waals surface area contributed by atoms with Crippen molar-refractivity contribution >= 4 is 39.1 Å². The van der Waals surface area contributed by atoms with Crippen LogP contribution in [0.1, 0.15) is 10.4 Å². The third kappa shape index (κ3) is 3.68. The van der Waals surface area contributed by atoms with Gasteiger partial charge < -0.3 is 15.4 Å². The van der Waals surface area contributed by atoms with Crippen LogP contribution in [-0.2, 0) is 0 Å². The fourth-order valence-corrected chi connectivity index (χ4v) is 2.21. The predicted octanol–water partition coefficient (Wildman–Crippen LogP) is 4.18. The van der Waals surface area contributed by atoms with Crippen molar-refractivity contribution in [2.45, 2.75) is 0 Å². The van der Waals surface area contributed by atoms with Crippen molar-refractivity contribution in [3.63, 3.8) is 0 Å². The normalized spacial score (nSPS) is 10.3. The second kappa shape index (κ2) is 6.37. The second-order valence-corrected chi connectivity index (χ2v) is 5.95. The lowest BCUT2D eigenvalue weighted by atomic mass is 10.1. The lowest BCUT2D eigenvalue weighted by Gasteiger charge is -2.16. The van der Waals surface area contributed by atoms with Gasteiger partial charge in [-0.25, -0.2) is 0 Å². The van der Waals surface area contributed by atoms with Crippen LogP contribution in [0.4, 0.5) is 5.69 Å². The summed E-state index contributed by atoms with van der Waals surface area (Å²) in [7, 11) is 3.35. The van der Waals surface area contributed by atoms with Crippen molar-refractivity contribution in [3.8, 4) is 11.5 Å². The molecule has 0 saturated carbocycles. The van der Waals surface area contributed by atoms with Gasteiger partial charge in [0, 0.05) is 30.3 Å². The molecule has 0 aliphatic heterocycles. The summed E-state index contributed by atoms with van der Waals surface area (Å²) < 4.78 is 6.61. The van der Waals surface area contributed by atoms with Crippen LogP contribution in [0.2, 0.25) is 5.02 Å². The Morgan fingerprint density at radius 3 is 2.57 bits per heavy atom. The zero-order valence-electron chi connectivity index (χ0n) is 11.6. The number of hydrogen-bond donors (Lipinski definition) is 1. The number of halogens is 2. The molecule has 2 aromatic rings. The van der Waals surface area contributed by atoms with Gasteiger partial charge in [0.1, 0.15) is 11.5 Å². The van der Waals surface area contributed by atoms with Crippen LogP contribution in [0.25, 0.3) is 0 Å². The first-order valence-corrected chi connectivity index (χ1v) is 7.29. The van der Waals surface area contributed by atoms with Crippen LogP contribution >= 0.6 is 27.5 Å². The van der Waals surface area contributed by atoms with Gasteiger partial charge in [0.2, 0.25) is 0 Å². The summed E-state index contributed by atoms with van der Waals surface area (Å²) in [5.74, 6) is 0.647. The standard InChI is InChI=1S/C15H14BrClN2O2/c1-19(2)15(20)11-5-4-10(18)8-13(11)21-14-7-9(16)3-6-12(14)17/h3-8H,18H2,1-2H3. The lowest BCUT2D eigenvalue weighted by Crippen LogP contribution is -2.22. The Balaban J connectivity index is 2.45. The average Bonchev–Trinajstić information content (AvgIpc) is 2.42. The maximum absolute atomic E-state index is 12.2. The number of nitrogens with zero attached hydrogens (tertiary/aromatic N) is 1. The van der Waals surface area contributed by atoms with Gasteiger partial charge in [-0.2, -0.15) is 0 Å². The molecular formula is C15H14BrClN2O2. The van der Waals surface area contributed by atoms with Crippen LogP contribution in [0.15, 0.2) is 40.9 Å². The van der Waals surface area contributed by atoms with E-state index in [4.69, 9.17) is 22.1 Å². The highest BCUT2D eigenvalue weighted by atomic mass is 79.9. The van der Waals surface area contributed by atoms with Gasteiger partial charge in [0.25, 0.3) is 5.91 Å². The molecule has 0 fully saturated rings. The average molecular weight is 370 g/mol. The third-order valence-corrected chi connectivity index (χ3v) is 3.56. The van der Waals surface area contributed by atoms with E-state index in [0.29, 0.717) is 27.8 Å². The first-order chi connectivity index (χ1) is 9.88. The Bertz CT molecular complexity index is 689.